The summed E-state index contributed by atoms with van der Waals surface area (Å²) in [4.78, 5) is 16.7. The molecule has 4 heteroatoms. The summed E-state index contributed by atoms with van der Waals surface area (Å²) in [5, 5.41) is 3.54. The number of nitrogens with zero attached hydrogens (tertiary/aromatic N) is 1. The minimum Gasteiger partial charge on any atom is -0.348 e. The molecule has 0 spiro atoms. The van der Waals surface area contributed by atoms with Gasteiger partial charge in [0.2, 0.25) is 0 Å². The Labute approximate surface area is 127 Å². The lowest BCUT2D eigenvalue weighted by Crippen LogP contribution is -2.23. The molecule has 0 saturated heterocycles. The molecule has 0 aliphatic heterocycles. The average molecular weight is 294 g/mol. The van der Waals surface area contributed by atoms with Gasteiger partial charge in [-0.3, -0.25) is 9.78 Å². The molecule has 0 bridgehead atoms. The molecule has 1 amide bonds. The molecule has 2 aromatic carbocycles. The van der Waals surface area contributed by atoms with E-state index in [1.54, 1.807) is 19.1 Å². The quantitative estimate of drug-likeness (QED) is 0.801. The van der Waals surface area contributed by atoms with E-state index >= 15 is 0 Å². The first-order valence-electron chi connectivity index (χ1n) is 7.02. The van der Waals surface area contributed by atoms with Crippen LogP contribution in [0.4, 0.5) is 4.39 Å². The highest BCUT2D eigenvalue weighted by atomic mass is 19.1. The van der Waals surface area contributed by atoms with Crippen molar-refractivity contribution in [3.8, 4) is 0 Å². The second-order valence-corrected chi connectivity index (χ2v) is 5.14. The van der Waals surface area contributed by atoms with Crippen LogP contribution in [0.3, 0.4) is 0 Å². The maximum absolute atomic E-state index is 13.3. The van der Waals surface area contributed by atoms with Crippen LogP contribution in [0.1, 0.15) is 21.6 Å². The van der Waals surface area contributed by atoms with Crippen molar-refractivity contribution in [1.82, 2.24) is 10.3 Å². The average Bonchev–Trinajstić information content (AvgIpc) is 2.52. The first-order chi connectivity index (χ1) is 10.6. The van der Waals surface area contributed by atoms with Gasteiger partial charge < -0.3 is 5.32 Å². The summed E-state index contributed by atoms with van der Waals surface area (Å²) in [6.07, 6.45) is 0. The van der Waals surface area contributed by atoms with Crippen molar-refractivity contribution < 1.29 is 9.18 Å². The molecule has 3 nitrogen and oxygen atoms in total. The Kier molecular flexibility index (Phi) is 3.83. The normalized spacial score (nSPS) is 10.6. The van der Waals surface area contributed by atoms with Gasteiger partial charge in [0, 0.05) is 23.7 Å². The molecule has 110 valence electrons. The number of benzene rings is 2. The smallest absolute Gasteiger partial charge is 0.252 e. The van der Waals surface area contributed by atoms with E-state index in [4.69, 9.17) is 0 Å². The lowest BCUT2D eigenvalue weighted by atomic mass is 10.1. The number of aromatic nitrogens is 1. The second kappa shape index (κ2) is 5.93. The van der Waals surface area contributed by atoms with E-state index < -0.39 is 0 Å². The molecule has 0 fully saturated rings. The first-order valence-corrected chi connectivity index (χ1v) is 7.02. The number of carbonyl (C=O) groups excluding carboxylic acids is 1. The summed E-state index contributed by atoms with van der Waals surface area (Å²) in [6, 6.07) is 15.7. The van der Waals surface area contributed by atoms with Crippen LogP contribution in [-0.4, -0.2) is 10.9 Å². The molecule has 0 saturated carbocycles. The minimum atomic E-state index is -0.360. The molecule has 0 aliphatic carbocycles. The summed E-state index contributed by atoms with van der Waals surface area (Å²) < 4.78 is 13.3. The van der Waals surface area contributed by atoms with Crippen molar-refractivity contribution in [2.24, 2.45) is 0 Å². The molecule has 3 rings (SSSR count). The molecule has 3 aromatic rings. The van der Waals surface area contributed by atoms with E-state index in [0.29, 0.717) is 28.7 Å². The molecule has 1 N–H and O–H groups in total. The Morgan fingerprint density at radius 2 is 1.91 bits per heavy atom. The van der Waals surface area contributed by atoms with E-state index in [1.807, 2.05) is 30.3 Å². The Hall–Kier alpha value is -2.75. The number of pyridine rings is 1. The molecule has 0 unspecified atom stereocenters. The van der Waals surface area contributed by atoms with Crippen LogP contribution in [0.2, 0.25) is 0 Å². The fraction of sp³-hybridized carbons (Fsp3) is 0.111. The van der Waals surface area contributed by atoms with Crippen LogP contribution < -0.4 is 5.32 Å². The zero-order valence-electron chi connectivity index (χ0n) is 12.1. The summed E-state index contributed by atoms with van der Waals surface area (Å²) in [5.41, 5.74) is 2.71. The van der Waals surface area contributed by atoms with Gasteiger partial charge in [-0.1, -0.05) is 30.3 Å². The van der Waals surface area contributed by atoms with Crippen molar-refractivity contribution in [1.29, 1.82) is 0 Å². The Balaban J connectivity index is 1.90. The molecular formula is C18H15FN2O. The summed E-state index contributed by atoms with van der Waals surface area (Å²) in [5.74, 6) is -0.549. The number of fused-ring (bicyclic) bond motifs is 1. The lowest BCUT2D eigenvalue weighted by Gasteiger charge is -2.09. The van der Waals surface area contributed by atoms with Gasteiger partial charge in [0.05, 0.1) is 11.1 Å². The summed E-state index contributed by atoms with van der Waals surface area (Å²) in [7, 11) is 0. The zero-order valence-corrected chi connectivity index (χ0v) is 12.1. The number of amides is 1. The standard InChI is InChI=1S/C18H15FN2O/c1-12-9-16(15-8-7-14(19)10-17(15)21-12)18(22)20-11-13-5-3-2-4-6-13/h2-10H,11H2,1H3,(H,20,22). The number of aryl methyl sites for hydroxylation is 1. The minimum absolute atomic E-state index is 0.189. The summed E-state index contributed by atoms with van der Waals surface area (Å²) >= 11 is 0. The fourth-order valence-corrected chi connectivity index (χ4v) is 2.40. The molecule has 0 atom stereocenters. The van der Waals surface area contributed by atoms with Crippen LogP contribution in [0, 0.1) is 12.7 Å². The number of hydrogen-bond donors (Lipinski definition) is 1. The second-order valence-electron chi connectivity index (χ2n) is 5.14. The highest BCUT2D eigenvalue weighted by molar-refractivity contribution is 6.06. The summed E-state index contributed by atoms with van der Waals surface area (Å²) in [6.45, 7) is 2.24. The van der Waals surface area contributed by atoms with Crippen LogP contribution in [-0.2, 0) is 6.54 Å². The number of nitrogens with one attached hydrogen (secondary N) is 1. The van der Waals surface area contributed by atoms with E-state index in [9.17, 15) is 9.18 Å². The maximum Gasteiger partial charge on any atom is 0.252 e. The van der Waals surface area contributed by atoms with Gasteiger partial charge in [-0.25, -0.2) is 4.39 Å². The zero-order chi connectivity index (χ0) is 15.5. The maximum atomic E-state index is 13.3. The van der Waals surface area contributed by atoms with E-state index in [2.05, 4.69) is 10.3 Å². The van der Waals surface area contributed by atoms with E-state index in [0.717, 1.165) is 5.56 Å². The molecular weight excluding hydrogens is 279 g/mol. The Bertz CT molecular complexity index is 826. The van der Waals surface area contributed by atoms with Crippen LogP contribution >= 0.6 is 0 Å². The highest BCUT2D eigenvalue weighted by Gasteiger charge is 2.12. The molecule has 22 heavy (non-hydrogen) atoms. The number of rotatable bonds is 3. The monoisotopic (exact) mass is 294 g/mol. The number of hydrogen-bond acceptors (Lipinski definition) is 2. The van der Waals surface area contributed by atoms with Crippen LogP contribution in [0.5, 0.6) is 0 Å². The predicted octanol–water partition coefficient (Wildman–Crippen LogP) is 3.61. The van der Waals surface area contributed by atoms with Gasteiger partial charge in [-0.2, -0.15) is 0 Å². The van der Waals surface area contributed by atoms with Crippen LogP contribution in [0.15, 0.2) is 54.6 Å². The fourth-order valence-electron chi connectivity index (χ4n) is 2.40. The van der Waals surface area contributed by atoms with Gasteiger partial charge in [-0.05, 0) is 30.7 Å². The molecule has 1 aromatic heterocycles. The Morgan fingerprint density at radius 3 is 2.68 bits per heavy atom. The third-order valence-corrected chi connectivity index (χ3v) is 3.44. The van der Waals surface area contributed by atoms with E-state index in [1.165, 1.54) is 12.1 Å². The molecule has 1 heterocycles. The van der Waals surface area contributed by atoms with Crippen molar-refractivity contribution in [3.63, 3.8) is 0 Å². The van der Waals surface area contributed by atoms with Gasteiger partial charge in [0.1, 0.15) is 5.82 Å². The largest absolute Gasteiger partial charge is 0.348 e. The topological polar surface area (TPSA) is 42.0 Å². The van der Waals surface area contributed by atoms with Gasteiger partial charge in [0.15, 0.2) is 0 Å². The predicted molar refractivity (Wildman–Crippen MR) is 84.1 cm³/mol. The molecule has 0 aliphatic rings. The van der Waals surface area contributed by atoms with Crippen molar-refractivity contribution in [2.75, 3.05) is 0 Å². The van der Waals surface area contributed by atoms with Gasteiger partial charge in [0.25, 0.3) is 5.91 Å². The number of halogens is 1. The van der Waals surface area contributed by atoms with Crippen LogP contribution in [0.25, 0.3) is 10.9 Å². The number of carbonyl (C=O) groups is 1. The van der Waals surface area contributed by atoms with Gasteiger partial charge in [-0.15, -0.1) is 0 Å². The van der Waals surface area contributed by atoms with Crippen molar-refractivity contribution in [3.05, 3.63) is 77.2 Å². The van der Waals surface area contributed by atoms with Crippen molar-refractivity contribution in [2.45, 2.75) is 13.5 Å². The highest BCUT2D eigenvalue weighted by Crippen LogP contribution is 2.19. The first kappa shape index (κ1) is 14.2. The van der Waals surface area contributed by atoms with Gasteiger partial charge >= 0.3 is 0 Å². The SMILES string of the molecule is Cc1cc(C(=O)NCc2ccccc2)c2ccc(F)cc2n1. The third-order valence-electron chi connectivity index (χ3n) is 3.44. The van der Waals surface area contributed by atoms with E-state index in [-0.39, 0.29) is 11.7 Å². The van der Waals surface area contributed by atoms with Crippen molar-refractivity contribution >= 4 is 16.8 Å². The molecule has 0 radical (unpaired) electrons. The lowest BCUT2D eigenvalue weighted by molar-refractivity contribution is 0.0952. The Morgan fingerprint density at radius 1 is 1.14 bits per heavy atom. The third kappa shape index (κ3) is 2.96.